The third-order valence-electron chi connectivity index (χ3n) is 2.99. The van der Waals surface area contributed by atoms with Crippen LogP contribution in [0.2, 0.25) is 0 Å². The van der Waals surface area contributed by atoms with Crippen molar-refractivity contribution in [2.45, 2.75) is 31.7 Å². The molecule has 0 heterocycles. The van der Waals surface area contributed by atoms with Crippen LogP contribution >= 0.6 is 0 Å². The van der Waals surface area contributed by atoms with Gasteiger partial charge < -0.3 is 5.73 Å². The zero-order valence-corrected chi connectivity index (χ0v) is 8.42. The number of carbonyl (C=O) groups excluding carboxylic acids is 1. The molecule has 0 amide bonds. The molecule has 1 saturated carbocycles. The highest BCUT2D eigenvalue weighted by molar-refractivity contribution is 5.82. The minimum atomic E-state index is -0.398. The summed E-state index contributed by atoms with van der Waals surface area (Å²) >= 11 is 0. The standard InChI is InChI=1S/C12H15NO/c1-9-2-4-10(5-3-9)12(13)7-6-11(14)8-12/h2-5H,6-8,13H2,1H3. The first kappa shape index (κ1) is 9.41. The predicted octanol–water partition coefficient (Wildman–Crippen LogP) is 1.90. The van der Waals surface area contributed by atoms with Gasteiger partial charge in [0, 0.05) is 18.4 Å². The summed E-state index contributed by atoms with van der Waals surface area (Å²) in [6.07, 6.45) is 1.91. The molecule has 0 bridgehead atoms. The van der Waals surface area contributed by atoms with Crippen LogP contribution < -0.4 is 5.73 Å². The first-order valence-electron chi connectivity index (χ1n) is 4.98. The molecule has 1 aromatic rings. The van der Waals surface area contributed by atoms with E-state index in [1.807, 2.05) is 31.2 Å². The number of hydrogen-bond acceptors (Lipinski definition) is 2. The first-order valence-corrected chi connectivity index (χ1v) is 4.98. The average molecular weight is 189 g/mol. The Kier molecular flexibility index (Phi) is 2.16. The van der Waals surface area contributed by atoms with Crippen molar-refractivity contribution in [3.05, 3.63) is 35.4 Å². The third-order valence-corrected chi connectivity index (χ3v) is 2.99. The van der Waals surface area contributed by atoms with E-state index in [4.69, 9.17) is 5.73 Å². The van der Waals surface area contributed by atoms with Gasteiger partial charge in [-0.05, 0) is 18.9 Å². The fourth-order valence-electron chi connectivity index (χ4n) is 2.02. The Morgan fingerprint density at radius 2 is 1.93 bits per heavy atom. The average Bonchev–Trinajstić information content (AvgIpc) is 2.48. The van der Waals surface area contributed by atoms with E-state index < -0.39 is 5.54 Å². The molecular formula is C12H15NO. The Morgan fingerprint density at radius 3 is 2.43 bits per heavy atom. The van der Waals surface area contributed by atoms with Crippen molar-refractivity contribution in [3.8, 4) is 0 Å². The molecule has 2 N–H and O–H groups in total. The molecule has 0 spiro atoms. The minimum Gasteiger partial charge on any atom is -0.321 e. The Labute approximate surface area is 84.1 Å². The molecule has 2 nitrogen and oxygen atoms in total. The summed E-state index contributed by atoms with van der Waals surface area (Å²) in [6, 6.07) is 8.17. The van der Waals surface area contributed by atoms with Gasteiger partial charge in [-0.15, -0.1) is 0 Å². The maximum absolute atomic E-state index is 11.2. The fourth-order valence-corrected chi connectivity index (χ4v) is 2.02. The lowest BCUT2D eigenvalue weighted by atomic mass is 9.89. The molecule has 1 unspecified atom stereocenters. The number of carbonyl (C=O) groups is 1. The number of rotatable bonds is 1. The van der Waals surface area contributed by atoms with Crippen LogP contribution in [0.3, 0.4) is 0 Å². The highest BCUT2D eigenvalue weighted by Gasteiger charge is 2.35. The maximum Gasteiger partial charge on any atom is 0.135 e. The van der Waals surface area contributed by atoms with E-state index in [9.17, 15) is 4.79 Å². The molecular weight excluding hydrogens is 174 g/mol. The van der Waals surface area contributed by atoms with Crippen molar-refractivity contribution in [1.82, 2.24) is 0 Å². The molecule has 14 heavy (non-hydrogen) atoms. The van der Waals surface area contributed by atoms with E-state index in [0.29, 0.717) is 12.8 Å². The van der Waals surface area contributed by atoms with E-state index in [1.54, 1.807) is 0 Å². The summed E-state index contributed by atoms with van der Waals surface area (Å²) < 4.78 is 0. The summed E-state index contributed by atoms with van der Waals surface area (Å²) in [4.78, 5) is 11.2. The lowest BCUT2D eigenvalue weighted by Crippen LogP contribution is -2.33. The van der Waals surface area contributed by atoms with E-state index in [1.165, 1.54) is 5.56 Å². The molecule has 0 saturated heterocycles. The Morgan fingerprint density at radius 1 is 1.29 bits per heavy atom. The molecule has 1 aliphatic carbocycles. The lowest BCUT2D eigenvalue weighted by Gasteiger charge is -2.23. The van der Waals surface area contributed by atoms with Crippen LogP contribution in [0.5, 0.6) is 0 Å². The number of hydrogen-bond donors (Lipinski definition) is 1. The van der Waals surface area contributed by atoms with Gasteiger partial charge >= 0.3 is 0 Å². The van der Waals surface area contributed by atoms with Crippen molar-refractivity contribution in [3.63, 3.8) is 0 Å². The summed E-state index contributed by atoms with van der Waals surface area (Å²) in [5.41, 5.74) is 8.12. The van der Waals surface area contributed by atoms with E-state index in [0.717, 1.165) is 12.0 Å². The largest absolute Gasteiger partial charge is 0.321 e. The normalized spacial score (nSPS) is 26.9. The molecule has 1 aromatic carbocycles. The van der Waals surface area contributed by atoms with Gasteiger partial charge in [0.2, 0.25) is 0 Å². The number of aryl methyl sites for hydroxylation is 1. The monoisotopic (exact) mass is 189 g/mol. The van der Waals surface area contributed by atoms with E-state index in [2.05, 4.69) is 0 Å². The van der Waals surface area contributed by atoms with Gasteiger partial charge in [-0.25, -0.2) is 0 Å². The number of nitrogens with two attached hydrogens (primary N) is 1. The Balaban J connectivity index is 2.30. The van der Waals surface area contributed by atoms with Gasteiger partial charge in [-0.1, -0.05) is 29.8 Å². The fraction of sp³-hybridized carbons (Fsp3) is 0.417. The van der Waals surface area contributed by atoms with Crippen molar-refractivity contribution >= 4 is 5.78 Å². The van der Waals surface area contributed by atoms with Crippen LogP contribution in [0.15, 0.2) is 24.3 Å². The number of Topliss-reactive ketones (excluding diaryl/α,β-unsaturated/α-hetero) is 1. The van der Waals surface area contributed by atoms with E-state index in [-0.39, 0.29) is 5.78 Å². The van der Waals surface area contributed by atoms with Crippen molar-refractivity contribution in [2.24, 2.45) is 5.73 Å². The smallest absolute Gasteiger partial charge is 0.135 e. The molecule has 0 aliphatic heterocycles. The number of ketones is 1. The molecule has 1 fully saturated rings. The zero-order chi connectivity index (χ0) is 10.2. The summed E-state index contributed by atoms with van der Waals surface area (Å²) in [6.45, 7) is 2.05. The number of benzene rings is 1. The van der Waals surface area contributed by atoms with Crippen LogP contribution in [0.25, 0.3) is 0 Å². The predicted molar refractivity (Wildman–Crippen MR) is 55.9 cm³/mol. The Hall–Kier alpha value is -1.15. The van der Waals surface area contributed by atoms with Gasteiger partial charge in [0.15, 0.2) is 0 Å². The van der Waals surface area contributed by atoms with Crippen LogP contribution in [0.1, 0.15) is 30.4 Å². The summed E-state index contributed by atoms with van der Waals surface area (Å²) in [5.74, 6) is 0.285. The quantitative estimate of drug-likeness (QED) is 0.733. The SMILES string of the molecule is Cc1ccc(C2(N)CCC(=O)C2)cc1. The van der Waals surface area contributed by atoms with Gasteiger partial charge in [0.1, 0.15) is 5.78 Å². The van der Waals surface area contributed by atoms with Crippen molar-refractivity contribution < 1.29 is 4.79 Å². The summed E-state index contributed by atoms with van der Waals surface area (Å²) in [7, 11) is 0. The molecule has 1 aliphatic rings. The highest BCUT2D eigenvalue weighted by atomic mass is 16.1. The van der Waals surface area contributed by atoms with Crippen molar-refractivity contribution in [2.75, 3.05) is 0 Å². The molecule has 0 aromatic heterocycles. The highest BCUT2D eigenvalue weighted by Crippen LogP contribution is 2.34. The first-order chi connectivity index (χ1) is 6.60. The second-order valence-corrected chi connectivity index (χ2v) is 4.24. The topological polar surface area (TPSA) is 43.1 Å². The minimum absolute atomic E-state index is 0.285. The van der Waals surface area contributed by atoms with Gasteiger partial charge in [0.05, 0.1) is 0 Å². The molecule has 74 valence electrons. The van der Waals surface area contributed by atoms with Gasteiger partial charge in [-0.3, -0.25) is 4.79 Å². The van der Waals surface area contributed by atoms with Gasteiger partial charge in [-0.2, -0.15) is 0 Å². The molecule has 1 atom stereocenters. The van der Waals surface area contributed by atoms with Crippen molar-refractivity contribution in [1.29, 1.82) is 0 Å². The summed E-state index contributed by atoms with van der Waals surface area (Å²) in [5, 5.41) is 0. The van der Waals surface area contributed by atoms with Crippen LogP contribution in [0, 0.1) is 6.92 Å². The van der Waals surface area contributed by atoms with Crippen LogP contribution in [0.4, 0.5) is 0 Å². The lowest BCUT2D eigenvalue weighted by molar-refractivity contribution is -0.117. The molecule has 2 heteroatoms. The molecule has 2 rings (SSSR count). The van der Waals surface area contributed by atoms with Crippen LogP contribution in [-0.2, 0) is 10.3 Å². The van der Waals surface area contributed by atoms with Crippen LogP contribution in [-0.4, -0.2) is 5.78 Å². The zero-order valence-electron chi connectivity index (χ0n) is 8.42. The van der Waals surface area contributed by atoms with E-state index >= 15 is 0 Å². The second-order valence-electron chi connectivity index (χ2n) is 4.24. The second kappa shape index (κ2) is 3.21. The molecule has 0 radical (unpaired) electrons. The Bertz CT molecular complexity index is 355. The third kappa shape index (κ3) is 1.58. The van der Waals surface area contributed by atoms with Gasteiger partial charge in [0.25, 0.3) is 0 Å². The maximum atomic E-state index is 11.2.